The van der Waals surface area contributed by atoms with Gasteiger partial charge in [0, 0.05) is 10.2 Å². The molecule has 1 atom stereocenters. The van der Waals surface area contributed by atoms with Crippen molar-refractivity contribution in [2.75, 3.05) is 11.1 Å². The lowest BCUT2D eigenvalue weighted by Gasteiger charge is -2.31. The fourth-order valence-corrected chi connectivity index (χ4v) is 3.51. The van der Waals surface area contributed by atoms with Crippen molar-refractivity contribution in [1.29, 1.82) is 0 Å². The van der Waals surface area contributed by atoms with Gasteiger partial charge in [0.2, 0.25) is 0 Å². The van der Waals surface area contributed by atoms with Gasteiger partial charge in [-0.15, -0.1) is 11.8 Å². The van der Waals surface area contributed by atoms with Crippen molar-refractivity contribution < 1.29 is 0 Å². The van der Waals surface area contributed by atoms with Crippen LogP contribution in [0, 0.1) is 11.3 Å². The Bertz CT molecular complexity index is 297. The fraction of sp³-hybridized carbons (Fsp3) is 0.571. The molecule has 0 aliphatic heterocycles. The van der Waals surface area contributed by atoms with Gasteiger partial charge in [-0.1, -0.05) is 54.9 Å². The van der Waals surface area contributed by atoms with Crippen molar-refractivity contribution in [1.82, 2.24) is 0 Å². The largest absolute Gasteiger partial charge is 0.126 e. The van der Waals surface area contributed by atoms with Crippen LogP contribution < -0.4 is 0 Å². The smallest absolute Gasteiger partial charge is 0.00880 e. The Morgan fingerprint density at radius 2 is 1.88 bits per heavy atom. The molecule has 0 spiro atoms. The lowest BCUT2D eigenvalue weighted by Crippen LogP contribution is -2.26. The van der Waals surface area contributed by atoms with Gasteiger partial charge >= 0.3 is 0 Å². The third-order valence-electron chi connectivity index (χ3n) is 3.38. The highest BCUT2D eigenvalue weighted by Gasteiger charge is 2.26. The first-order chi connectivity index (χ1) is 7.58. The predicted molar refractivity (Wildman–Crippen MR) is 78.5 cm³/mol. The summed E-state index contributed by atoms with van der Waals surface area (Å²) < 4.78 is 0. The Hall–Kier alpha value is 0.0500. The van der Waals surface area contributed by atoms with Gasteiger partial charge in [0.25, 0.3) is 0 Å². The van der Waals surface area contributed by atoms with Gasteiger partial charge in [0.15, 0.2) is 0 Å². The summed E-state index contributed by atoms with van der Waals surface area (Å²) in [7, 11) is 0. The van der Waals surface area contributed by atoms with E-state index in [1.807, 2.05) is 11.8 Å². The highest BCUT2D eigenvalue weighted by Crippen LogP contribution is 2.35. The summed E-state index contributed by atoms with van der Waals surface area (Å²) in [5, 5.41) is 1.09. The molecule has 1 aromatic rings. The van der Waals surface area contributed by atoms with Crippen molar-refractivity contribution in [2.24, 2.45) is 11.3 Å². The summed E-state index contributed by atoms with van der Waals surface area (Å²) in [4.78, 5) is 1.38. The number of hydrogen-bond acceptors (Lipinski definition) is 1. The molecule has 0 aromatic heterocycles. The van der Waals surface area contributed by atoms with Crippen LogP contribution in [0.2, 0.25) is 0 Å². The molecule has 0 bridgehead atoms. The lowest BCUT2D eigenvalue weighted by atomic mass is 9.79. The summed E-state index contributed by atoms with van der Waals surface area (Å²) >= 11 is 5.61. The molecule has 0 nitrogen and oxygen atoms in total. The summed E-state index contributed by atoms with van der Waals surface area (Å²) in [6, 6.07) is 10.7. The van der Waals surface area contributed by atoms with Crippen LogP contribution in [-0.2, 0) is 0 Å². The maximum Gasteiger partial charge on any atom is 0.00880 e. The van der Waals surface area contributed by atoms with Crippen molar-refractivity contribution in [3.05, 3.63) is 30.3 Å². The Morgan fingerprint density at radius 3 is 2.38 bits per heavy atom. The molecule has 0 amide bonds. The van der Waals surface area contributed by atoms with Gasteiger partial charge < -0.3 is 0 Å². The minimum absolute atomic E-state index is 0.418. The SMILES string of the molecule is CC(C)C(C)(CBr)CCSc1ccccc1. The topological polar surface area (TPSA) is 0 Å². The quantitative estimate of drug-likeness (QED) is 0.512. The van der Waals surface area contributed by atoms with Crippen LogP contribution in [0.4, 0.5) is 0 Å². The predicted octanol–water partition coefficient (Wildman–Crippen LogP) is 5.23. The van der Waals surface area contributed by atoms with Gasteiger partial charge in [0.05, 0.1) is 0 Å². The average molecular weight is 301 g/mol. The molecule has 1 unspecified atom stereocenters. The van der Waals surface area contributed by atoms with Gasteiger partial charge in [-0.3, -0.25) is 0 Å². The van der Waals surface area contributed by atoms with E-state index < -0.39 is 0 Å². The molecule has 0 heterocycles. The summed E-state index contributed by atoms with van der Waals surface area (Å²) in [6.45, 7) is 7.00. The van der Waals surface area contributed by atoms with Crippen LogP contribution in [-0.4, -0.2) is 11.1 Å². The number of hydrogen-bond donors (Lipinski definition) is 0. The van der Waals surface area contributed by atoms with Crippen LogP contribution >= 0.6 is 27.7 Å². The molecule has 0 saturated carbocycles. The van der Waals surface area contributed by atoms with E-state index >= 15 is 0 Å². The second-order valence-electron chi connectivity index (χ2n) is 4.85. The Morgan fingerprint density at radius 1 is 1.25 bits per heavy atom. The lowest BCUT2D eigenvalue weighted by molar-refractivity contribution is 0.252. The Labute approximate surface area is 112 Å². The first kappa shape index (κ1) is 14.1. The molecule has 16 heavy (non-hydrogen) atoms. The Balaban J connectivity index is 2.40. The average Bonchev–Trinajstić information content (AvgIpc) is 2.30. The number of halogens is 1. The summed E-state index contributed by atoms with van der Waals surface area (Å²) in [5.41, 5.74) is 0.418. The van der Waals surface area contributed by atoms with Crippen molar-refractivity contribution in [3.8, 4) is 0 Å². The second kappa shape index (κ2) is 6.70. The number of alkyl halides is 1. The molecule has 0 N–H and O–H groups in total. The van der Waals surface area contributed by atoms with Crippen molar-refractivity contribution in [3.63, 3.8) is 0 Å². The van der Waals surface area contributed by atoms with Crippen LogP contribution in [0.25, 0.3) is 0 Å². The zero-order valence-corrected chi connectivity index (χ0v) is 12.8. The van der Waals surface area contributed by atoms with E-state index in [0.29, 0.717) is 5.41 Å². The van der Waals surface area contributed by atoms with Gasteiger partial charge in [-0.25, -0.2) is 0 Å². The maximum atomic E-state index is 3.65. The van der Waals surface area contributed by atoms with E-state index in [2.05, 4.69) is 67.0 Å². The van der Waals surface area contributed by atoms with Crippen LogP contribution in [0.15, 0.2) is 35.2 Å². The first-order valence-electron chi connectivity index (χ1n) is 5.82. The first-order valence-corrected chi connectivity index (χ1v) is 7.93. The van der Waals surface area contributed by atoms with E-state index in [4.69, 9.17) is 0 Å². The zero-order chi connectivity index (χ0) is 12.0. The number of rotatable bonds is 6. The van der Waals surface area contributed by atoms with Gasteiger partial charge in [0.1, 0.15) is 0 Å². The van der Waals surface area contributed by atoms with Crippen LogP contribution in [0.5, 0.6) is 0 Å². The van der Waals surface area contributed by atoms with Crippen molar-refractivity contribution in [2.45, 2.75) is 32.1 Å². The molecular formula is C14H21BrS. The molecule has 0 radical (unpaired) electrons. The molecule has 0 saturated heterocycles. The van der Waals surface area contributed by atoms with Gasteiger partial charge in [-0.05, 0) is 35.6 Å². The molecular weight excluding hydrogens is 280 g/mol. The van der Waals surface area contributed by atoms with E-state index in [1.54, 1.807) is 0 Å². The molecule has 1 aromatic carbocycles. The highest BCUT2D eigenvalue weighted by atomic mass is 79.9. The number of thioether (sulfide) groups is 1. The highest BCUT2D eigenvalue weighted by molar-refractivity contribution is 9.09. The molecule has 1 rings (SSSR count). The monoisotopic (exact) mass is 300 g/mol. The molecule has 0 aliphatic rings. The minimum Gasteiger partial charge on any atom is -0.126 e. The van der Waals surface area contributed by atoms with Crippen LogP contribution in [0.3, 0.4) is 0 Å². The normalized spacial score (nSPS) is 15.1. The van der Waals surface area contributed by atoms with E-state index in [-0.39, 0.29) is 0 Å². The second-order valence-corrected chi connectivity index (χ2v) is 6.58. The van der Waals surface area contributed by atoms with E-state index in [0.717, 1.165) is 11.2 Å². The van der Waals surface area contributed by atoms with Gasteiger partial charge in [-0.2, -0.15) is 0 Å². The van der Waals surface area contributed by atoms with E-state index in [1.165, 1.54) is 17.1 Å². The zero-order valence-electron chi connectivity index (χ0n) is 10.4. The maximum absolute atomic E-state index is 3.65. The molecule has 0 fully saturated rings. The van der Waals surface area contributed by atoms with Crippen molar-refractivity contribution >= 4 is 27.7 Å². The third kappa shape index (κ3) is 4.14. The molecule has 90 valence electrons. The minimum atomic E-state index is 0.418. The standard InChI is InChI=1S/C14H21BrS/c1-12(2)14(3,11-15)9-10-16-13-7-5-4-6-8-13/h4-8,12H,9-11H2,1-3H3. The van der Waals surface area contributed by atoms with Crippen LogP contribution in [0.1, 0.15) is 27.2 Å². The molecule has 0 aliphatic carbocycles. The third-order valence-corrected chi connectivity index (χ3v) is 5.68. The van der Waals surface area contributed by atoms with E-state index in [9.17, 15) is 0 Å². The summed E-state index contributed by atoms with van der Waals surface area (Å²) in [6.07, 6.45) is 1.26. The Kier molecular flexibility index (Phi) is 5.91. The fourth-order valence-electron chi connectivity index (χ4n) is 1.43. The number of benzene rings is 1. The summed E-state index contributed by atoms with van der Waals surface area (Å²) in [5.74, 6) is 1.92. The molecule has 2 heteroatoms.